The molecule has 0 atom stereocenters. The highest BCUT2D eigenvalue weighted by atomic mass is 16.3. The van der Waals surface area contributed by atoms with E-state index in [0.717, 1.165) is 26.2 Å². The summed E-state index contributed by atoms with van der Waals surface area (Å²) >= 11 is 0. The van der Waals surface area contributed by atoms with Gasteiger partial charge in [-0.15, -0.1) is 0 Å². The summed E-state index contributed by atoms with van der Waals surface area (Å²) in [4.78, 5) is 25.6. The molecular formula is C19H29N5O2. The number of likely N-dealkylation sites (N-methyl/N-ethyl adjacent to an activating group) is 1. The van der Waals surface area contributed by atoms with Gasteiger partial charge in [-0.25, -0.2) is 4.99 Å². The van der Waals surface area contributed by atoms with Crippen LogP contribution in [-0.4, -0.2) is 74.2 Å². The molecule has 1 N–H and O–H groups in total. The van der Waals surface area contributed by atoms with E-state index in [0.29, 0.717) is 41.7 Å². The van der Waals surface area contributed by atoms with Crippen molar-refractivity contribution in [3.8, 4) is 0 Å². The normalized spacial score (nSPS) is 16.7. The Balaban J connectivity index is 2.30. The SMILES string of the molecule is C=C/C(=N\C(=NC)N1CCN(C)CC1)c1cc(C(=O)NCC)c(CC)o1. The van der Waals surface area contributed by atoms with Gasteiger partial charge in [0.1, 0.15) is 11.5 Å². The molecule has 1 aromatic heterocycles. The van der Waals surface area contributed by atoms with Crippen LogP contribution in [-0.2, 0) is 6.42 Å². The van der Waals surface area contributed by atoms with E-state index in [1.54, 1.807) is 19.2 Å². The maximum absolute atomic E-state index is 12.2. The minimum absolute atomic E-state index is 0.133. The number of furan rings is 1. The maximum atomic E-state index is 12.2. The number of guanidine groups is 1. The third kappa shape index (κ3) is 4.60. The molecule has 1 aliphatic rings. The van der Waals surface area contributed by atoms with Crippen LogP contribution in [0.5, 0.6) is 0 Å². The molecule has 1 aliphatic heterocycles. The fraction of sp³-hybridized carbons (Fsp3) is 0.526. The largest absolute Gasteiger partial charge is 0.459 e. The Kier molecular flexibility index (Phi) is 7.15. The molecule has 142 valence electrons. The first-order valence-electron chi connectivity index (χ1n) is 9.06. The Morgan fingerprint density at radius 2 is 2.04 bits per heavy atom. The average Bonchev–Trinajstić information content (AvgIpc) is 3.08. The average molecular weight is 359 g/mol. The summed E-state index contributed by atoms with van der Waals surface area (Å²) in [5.41, 5.74) is 1.13. The summed E-state index contributed by atoms with van der Waals surface area (Å²) in [5, 5.41) is 2.81. The lowest BCUT2D eigenvalue weighted by atomic mass is 10.1. The van der Waals surface area contributed by atoms with Crippen LogP contribution < -0.4 is 5.32 Å². The van der Waals surface area contributed by atoms with Crippen molar-refractivity contribution in [2.24, 2.45) is 9.98 Å². The number of hydrogen-bond acceptors (Lipinski definition) is 4. The number of allylic oxidation sites excluding steroid dienone is 1. The van der Waals surface area contributed by atoms with Crippen LogP contribution in [0, 0.1) is 0 Å². The van der Waals surface area contributed by atoms with Crippen molar-refractivity contribution in [1.29, 1.82) is 0 Å². The second kappa shape index (κ2) is 9.33. The number of amides is 1. The van der Waals surface area contributed by atoms with Crippen molar-refractivity contribution in [2.75, 3.05) is 46.8 Å². The third-order valence-corrected chi connectivity index (χ3v) is 4.36. The Hall–Kier alpha value is -2.41. The number of rotatable bonds is 5. The molecule has 26 heavy (non-hydrogen) atoms. The first-order valence-corrected chi connectivity index (χ1v) is 9.06. The second-order valence-corrected chi connectivity index (χ2v) is 6.18. The van der Waals surface area contributed by atoms with Crippen LogP contribution in [0.4, 0.5) is 0 Å². The van der Waals surface area contributed by atoms with Gasteiger partial charge >= 0.3 is 0 Å². The van der Waals surface area contributed by atoms with Crippen LogP contribution in [0.1, 0.15) is 35.7 Å². The summed E-state index contributed by atoms with van der Waals surface area (Å²) in [7, 11) is 3.84. The van der Waals surface area contributed by atoms with E-state index in [4.69, 9.17) is 4.42 Å². The van der Waals surface area contributed by atoms with E-state index >= 15 is 0 Å². The summed E-state index contributed by atoms with van der Waals surface area (Å²) < 4.78 is 5.89. The molecule has 0 aromatic carbocycles. The smallest absolute Gasteiger partial charge is 0.254 e. The first-order chi connectivity index (χ1) is 12.5. The minimum atomic E-state index is -0.133. The molecule has 0 radical (unpaired) electrons. The predicted octanol–water partition coefficient (Wildman–Crippen LogP) is 1.80. The molecule has 1 fully saturated rings. The first kappa shape index (κ1) is 19.9. The van der Waals surface area contributed by atoms with Crippen LogP contribution in [0.15, 0.2) is 33.1 Å². The van der Waals surface area contributed by atoms with Gasteiger partial charge in [0.15, 0.2) is 5.76 Å². The molecule has 0 aliphatic carbocycles. The lowest BCUT2D eigenvalue weighted by molar-refractivity contribution is 0.0954. The minimum Gasteiger partial charge on any atom is -0.459 e. The quantitative estimate of drug-likeness (QED) is 0.643. The summed E-state index contributed by atoms with van der Waals surface area (Å²) in [6.07, 6.45) is 2.27. The van der Waals surface area contributed by atoms with Crippen LogP contribution in [0.3, 0.4) is 0 Å². The maximum Gasteiger partial charge on any atom is 0.254 e. The number of nitrogens with one attached hydrogen (secondary N) is 1. The van der Waals surface area contributed by atoms with E-state index in [2.05, 4.69) is 38.7 Å². The van der Waals surface area contributed by atoms with Crippen LogP contribution in [0.2, 0.25) is 0 Å². The van der Waals surface area contributed by atoms with Crippen molar-refractivity contribution >= 4 is 17.6 Å². The van der Waals surface area contributed by atoms with Crippen molar-refractivity contribution in [3.63, 3.8) is 0 Å². The van der Waals surface area contributed by atoms with Gasteiger partial charge in [0.2, 0.25) is 5.96 Å². The zero-order valence-electron chi connectivity index (χ0n) is 16.2. The van der Waals surface area contributed by atoms with Crippen molar-refractivity contribution in [1.82, 2.24) is 15.1 Å². The molecule has 0 bridgehead atoms. The number of hydrogen-bond donors (Lipinski definition) is 1. The molecule has 1 aromatic rings. The molecule has 1 amide bonds. The molecule has 0 saturated carbocycles. The van der Waals surface area contributed by atoms with Gasteiger partial charge in [0.05, 0.1) is 5.56 Å². The zero-order chi connectivity index (χ0) is 19.1. The molecule has 7 nitrogen and oxygen atoms in total. The number of piperazine rings is 1. The number of carbonyl (C=O) groups excluding carboxylic acids is 1. The highest BCUT2D eigenvalue weighted by Crippen LogP contribution is 2.18. The van der Waals surface area contributed by atoms with Crippen molar-refractivity contribution in [2.45, 2.75) is 20.3 Å². The molecular weight excluding hydrogens is 330 g/mol. The second-order valence-electron chi connectivity index (χ2n) is 6.18. The molecule has 2 rings (SSSR count). The zero-order valence-corrected chi connectivity index (χ0v) is 16.2. The van der Waals surface area contributed by atoms with Gasteiger partial charge in [-0.3, -0.25) is 9.79 Å². The van der Waals surface area contributed by atoms with E-state index in [-0.39, 0.29) is 5.91 Å². The van der Waals surface area contributed by atoms with Gasteiger partial charge in [-0.05, 0) is 26.1 Å². The topological polar surface area (TPSA) is 73.4 Å². The third-order valence-electron chi connectivity index (χ3n) is 4.36. The Morgan fingerprint density at radius 1 is 1.35 bits per heavy atom. The monoisotopic (exact) mass is 359 g/mol. The molecule has 1 saturated heterocycles. The van der Waals surface area contributed by atoms with Gasteiger partial charge in [-0.2, -0.15) is 0 Å². The fourth-order valence-corrected chi connectivity index (χ4v) is 2.84. The molecule has 0 spiro atoms. The standard InChI is InChI=1S/C19H29N5O2/c1-6-15(22-19(20-4)24-11-9-23(5)10-12-24)17-13-14(16(7-2)26-17)18(25)21-8-3/h6,13H,1,7-12H2,2-5H3,(H,21,25)/b20-19?,22-15+. The van der Waals surface area contributed by atoms with Gasteiger partial charge in [0, 0.05) is 46.2 Å². The van der Waals surface area contributed by atoms with Crippen LogP contribution >= 0.6 is 0 Å². The van der Waals surface area contributed by atoms with Crippen molar-refractivity contribution < 1.29 is 9.21 Å². The molecule has 2 heterocycles. The summed E-state index contributed by atoms with van der Waals surface area (Å²) in [6.45, 7) is 12.0. The van der Waals surface area contributed by atoms with Crippen LogP contribution in [0.25, 0.3) is 0 Å². The number of aryl methyl sites for hydroxylation is 1. The predicted molar refractivity (Wildman–Crippen MR) is 105 cm³/mol. The number of nitrogens with zero attached hydrogens (tertiary/aromatic N) is 4. The fourth-order valence-electron chi connectivity index (χ4n) is 2.84. The van der Waals surface area contributed by atoms with Crippen molar-refractivity contribution in [3.05, 3.63) is 35.8 Å². The van der Waals surface area contributed by atoms with E-state index in [1.807, 2.05) is 13.8 Å². The summed E-state index contributed by atoms with van der Waals surface area (Å²) in [5.74, 6) is 1.71. The lowest BCUT2D eigenvalue weighted by Crippen LogP contribution is -2.46. The summed E-state index contributed by atoms with van der Waals surface area (Å²) in [6, 6.07) is 1.74. The van der Waals surface area contributed by atoms with E-state index < -0.39 is 0 Å². The van der Waals surface area contributed by atoms with Gasteiger partial charge < -0.3 is 19.5 Å². The van der Waals surface area contributed by atoms with E-state index in [9.17, 15) is 4.79 Å². The Labute approximate surface area is 155 Å². The number of aliphatic imine (C=N–C) groups is 2. The molecule has 0 unspecified atom stereocenters. The van der Waals surface area contributed by atoms with E-state index in [1.165, 1.54) is 0 Å². The Bertz CT molecular complexity index is 697. The highest BCUT2D eigenvalue weighted by Gasteiger charge is 2.20. The lowest BCUT2D eigenvalue weighted by Gasteiger charge is -2.33. The number of carbonyl (C=O) groups is 1. The molecule has 7 heteroatoms. The van der Waals surface area contributed by atoms with Gasteiger partial charge in [-0.1, -0.05) is 13.5 Å². The highest BCUT2D eigenvalue weighted by molar-refractivity contribution is 6.12. The van der Waals surface area contributed by atoms with Gasteiger partial charge in [0.25, 0.3) is 5.91 Å². The Morgan fingerprint density at radius 3 is 2.58 bits per heavy atom.